The molecule has 0 radical (unpaired) electrons. The van der Waals surface area contributed by atoms with Crippen LogP contribution in [0.3, 0.4) is 0 Å². The van der Waals surface area contributed by atoms with Gasteiger partial charge in [0.1, 0.15) is 6.10 Å². The van der Waals surface area contributed by atoms with Gasteiger partial charge in [0.15, 0.2) is 0 Å². The third kappa shape index (κ3) is 4.56. The smallest absolute Gasteiger partial charge is 0.315 e. The molecule has 1 aromatic carbocycles. The molecule has 1 aromatic heterocycles. The third-order valence-electron chi connectivity index (χ3n) is 4.05. The van der Waals surface area contributed by atoms with Gasteiger partial charge in [0, 0.05) is 29.0 Å². The second-order valence-corrected chi connectivity index (χ2v) is 7.03. The van der Waals surface area contributed by atoms with Gasteiger partial charge in [-0.25, -0.2) is 4.79 Å². The average Bonchev–Trinajstić information content (AvgIpc) is 3.10. The standard InChI is InChI=1S/C18H22N2O3S/c21-17(13-4-2-1-3-5-13)16-7-6-15(24-16)12-19-18(22)20-14-8-10-23-11-9-14/h1-7,14,17,21H,8-12H2,(H2,19,20,22). The predicted molar refractivity (Wildman–Crippen MR) is 94.0 cm³/mol. The maximum absolute atomic E-state index is 11.9. The minimum Gasteiger partial charge on any atom is -0.383 e. The zero-order valence-corrected chi connectivity index (χ0v) is 14.2. The average molecular weight is 346 g/mol. The van der Waals surface area contributed by atoms with E-state index in [9.17, 15) is 9.90 Å². The SMILES string of the molecule is O=C(NCc1ccc(C(O)c2ccccc2)s1)NC1CCOCC1. The second kappa shape index (κ2) is 8.28. The summed E-state index contributed by atoms with van der Waals surface area (Å²) < 4.78 is 5.28. The molecule has 1 unspecified atom stereocenters. The molecule has 0 bridgehead atoms. The molecule has 6 heteroatoms. The number of amides is 2. The Bertz CT molecular complexity index is 653. The Labute approximate surface area is 145 Å². The normalized spacial score (nSPS) is 16.5. The van der Waals surface area contributed by atoms with Gasteiger partial charge in [-0.1, -0.05) is 30.3 Å². The van der Waals surface area contributed by atoms with Gasteiger partial charge in [-0.05, 0) is 30.5 Å². The van der Waals surface area contributed by atoms with E-state index in [1.807, 2.05) is 42.5 Å². The lowest BCUT2D eigenvalue weighted by atomic mass is 10.1. The molecule has 0 saturated carbocycles. The molecule has 2 amide bonds. The van der Waals surface area contributed by atoms with E-state index in [-0.39, 0.29) is 12.1 Å². The molecule has 2 heterocycles. The molecule has 1 fully saturated rings. The molecule has 5 nitrogen and oxygen atoms in total. The fraction of sp³-hybridized carbons (Fsp3) is 0.389. The van der Waals surface area contributed by atoms with E-state index < -0.39 is 6.10 Å². The number of ether oxygens (including phenoxy) is 1. The number of aliphatic hydroxyl groups is 1. The molecular weight excluding hydrogens is 324 g/mol. The van der Waals surface area contributed by atoms with E-state index in [0.29, 0.717) is 19.8 Å². The lowest BCUT2D eigenvalue weighted by Gasteiger charge is -2.23. The van der Waals surface area contributed by atoms with Crippen LogP contribution < -0.4 is 10.6 Å². The summed E-state index contributed by atoms with van der Waals surface area (Å²) in [5.74, 6) is 0. The third-order valence-corrected chi connectivity index (χ3v) is 5.18. The highest BCUT2D eigenvalue weighted by Gasteiger charge is 2.16. The summed E-state index contributed by atoms with van der Waals surface area (Å²) in [4.78, 5) is 13.8. The molecule has 3 N–H and O–H groups in total. The van der Waals surface area contributed by atoms with Crippen molar-refractivity contribution in [2.45, 2.75) is 31.5 Å². The number of rotatable bonds is 5. The Hall–Kier alpha value is -1.89. The summed E-state index contributed by atoms with van der Waals surface area (Å²) in [5.41, 5.74) is 0.871. The number of hydrogen-bond donors (Lipinski definition) is 3. The molecule has 1 aliphatic rings. The van der Waals surface area contributed by atoms with Crippen molar-refractivity contribution in [1.82, 2.24) is 10.6 Å². The highest BCUT2D eigenvalue weighted by atomic mass is 32.1. The molecule has 24 heavy (non-hydrogen) atoms. The maximum atomic E-state index is 11.9. The summed E-state index contributed by atoms with van der Waals surface area (Å²) >= 11 is 1.51. The van der Waals surface area contributed by atoms with Crippen molar-refractivity contribution in [3.8, 4) is 0 Å². The summed E-state index contributed by atoms with van der Waals surface area (Å²) in [7, 11) is 0. The second-order valence-electron chi connectivity index (χ2n) is 5.83. The van der Waals surface area contributed by atoms with Crippen LogP contribution in [0.4, 0.5) is 4.79 Å². The van der Waals surface area contributed by atoms with E-state index in [4.69, 9.17) is 4.74 Å². The fourth-order valence-electron chi connectivity index (χ4n) is 2.68. The van der Waals surface area contributed by atoms with Crippen LogP contribution in [0.25, 0.3) is 0 Å². The minimum atomic E-state index is -0.624. The number of carbonyl (C=O) groups is 1. The topological polar surface area (TPSA) is 70.6 Å². The first-order valence-corrected chi connectivity index (χ1v) is 8.98. The number of benzene rings is 1. The van der Waals surface area contributed by atoms with Crippen LogP contribution in [0, 0.1) is 0 Å². The predicted octanol–water partition coefficient (Wildman–Crippen LogP) is 2.81. The van der Waals surface area contributed by atoms with Crippen LogP contribution in [0.1, 0.15) is 34.3 Å². The lowest BCUT2D eigenvalue weighted by Crippen LogP contribution is -2.44. The van der Waals surface area contributed by atoms with Gasteiger partial charge in [0.05, 0.1) is 6.54 Å². The molecular formula is C18H22N2O3S. The van der Waals surface area contributed by atoms with Crippen molar-refractivity contribution < 1.29 is 14.6 Å². The Morgan fingerprint density at radius 1 is 1.21 bits per heavy atom. The van der Waals surface area contributed by atoms with Crippen molar-refractivity contribution in [3.63, 3.8) is 0 Å². The highest BCUT2D eigenvalue weighted by molar-refractivity contribution is 7.12. The Balaban J connectivity index is 1.49. The minimum absolute atomic E-state index is 0.152. The van der Waals surface area contributed by atoms with Gasteiger partial charge in [0.2, 0.25) is 0 Å². The Morgan fingerprint density at radius 2 is 1.96 bits per heavy atom. The molecule has 1 aliphatic heterocycles. The number of nitrogens with one attached hydrogen (secondary N) is 2. The van der Waals surface area contributed by atoms with Gasteiger partial charge in [-0.15, -0.1) is 11.3 Å². The molecule has 1 saturated heterocycles. The van der Waals surface area contributed by atoms with Crippen LogP contribution in [0.5, 0.6) is 0 Å². The largest absolute Gasteiger partial charge is 0.383 e. The van der Waals surface area contributed by atoms with Gasteiger partial charge in [-0.2, -0.15) is 0 Å². The zero-order valence-electron chi connectivity index (χ0n) is 13.4. The number of urea groups is 1. The highest BCUT2D eigenvalue weighted by Crippen LogP contribution is 2.28. The van der Waals surface area contributed by atoms with Crippen molar-refractivity contribution in [2.75, 3.05) is 13.2 Å². The summed E-state index contributed by atoms with van der Waals surface area (Å²) in [6.45, 7) is 1.87. The number of aliphatic hydroxyl groups excluding tert-OH is 1. The quantitative estimate of drug-likeness (QED) is 0.780. The van der Waals surface area contributed by atoms with Crippen molar-refractivity contribution in [1.29, 1.82) is 0 Å². The van der Waals surface area contributed by atoms with E-state index in [1.165, 1.54) is 11.3 Å². The summed E-state index contributed by atoms with van der Waals surface area (Å²) in [6.07, 6.45) is 1.10. The van der Waals surface area contributed by atoms with Crippen molar-refractivity contribution in [3.05, 3.63) is 57.8 Å². The Kier molecular flexibility index (Phi) is 5.85. The zero-order chi connectivity index (χ0) is 16.8. The lowest BCUT2D eigenvalue weighted by molar-refractivity contribution is 0.0801. The van der Waals surface area contributed by atoms with E-state index in [0.717, 1.165) is 28.2 Å². The monoisotopic (exact) mass is 346 g/mol. The molecule has 1 atom stereocenters. The van der Waals surface area contributed by atoms with E-state index >= 15 is 0 Å². The van der Waals surface area contributed by atoms with E-state index in [1.54, 1.807) is 0 Å². The fourth-order valence-corrected chi connectivity index (χ4v) is 3.65. The van der Waals surface area contributed by atoms with Crippen LogP contribution >= 0.6 is 11.3 Å². The number of carbonyl (C=O) groups excluding carboxylic acids is 1. The van der Waals surface area contributed by atoms with Crippen LogP contribution in [0.2, 0.25) is 0 Å². The van der Waals surface area contributed by atoms with Crippen molar-refractivity contribution in [2.24, 2.45) is 0 Å². The van der Waals surface area contributed by atoms with Gasteiger partial charge < -0.3 is 20.5 Å². The van der Waals surface area contributed by atoms with Gasteiger partial charge in [0.25, 0.3) is 0 Å². The van der Waals surface area contributed by atoms with Crippen LogP contribution in [-0.4, -0.2) is 30.4 Å². The Morgan fingerprint density at radius 3 is 2.71 bits per heavy atom. The first kappa shape index (κ1) is 17.0. The molecule has 0 spiro atoms. The molecule has 0 aliphatic carbocycles. The molecule has 3 rings (SSSR count). The molecule has 128 valence electrons. The first-order valence-electron chi connectivity index (χ1n) is 8.16. The maximum Gasteiger partial charge on any atom is 0.315 e. The van der Waals surface area contributed by atoms with Crippen molar-refractivity contribution >= 4 is 17.4 Å². The molecule has 2 aromatic rings. The van der Waals surface area contributed by atoms with Gasteiger partial charge in [-0.3, -0.25) is 0 Å². The summed E-state index contributed by atoms with van der Waals surface area (Å²) in [6, 6.07) is 13.5. The van der Waals surface area contributed by atoms with Crippen LogP contribution in [0.15, 0.2) is 42.5 Å². The first-order chi connectivity index (χ1) is 11.7. The number of hydrogen-bond acceptors (Lipinski definition) is 4. The number of thiophene rings is 1. The van der Waals surface area contributed by atoms with Crippen LogP contribution in [-0.2, 0) is 11.3 Å². The van der Waals surface area contributed by atoms with E-state index in [2.05, 4.69) is 10.6 Å². The van der Waals surface area contributed by atoms with Gasteiger partial charge >= 0.3 is 6.03 Å². The summed E-state index contributed by atoms with van der Waals surface area (Å²) in [5, 5.41) is 16.2.